The Bertz CT molecular complexity index is 596. The van der Waals surface area contributed by atoms with Gasteiger partial charge in [-0.05, 0) is 24.3 Å². The predicted molar refractivity (Wildman–Crippen MR) is 84.7 cm³/mol. The summed E-state index contributed by atoms with van der Waals surface area (Å²) in [6.07, 6.45) is 3.62. The van der Waals surface area contributed by atoms with Crippen molar-refractivity contribution < 1.29 is 9.53 Å². The number of piperazine rings is 1. The molecular formula is C17H19N3O2. The lowest BCUT2D eigenvalue weighted by molar-refractivity contribution is 0.0203. The third-order valence-electron chi connectivity index (χ3n) is 3.79. The molecule has 1 aliphatic rings. The van der Waals surface area contributed by atoms with E-state index in [1.807, 2.05) is 42.7 Å². The first-order valence-corrected chi connectivity index (χ1v) is 7.42. The molecule has 1 aliphatic heterocycles. The Kier molecular flexibility index (Phi) is 4.65. The van der Waals surface area contributed by atoms with Crippen molar-refractivity contribution in [1.29, 1.82) is 0 Å². The van der Waals surface area contributed by atoms with Crippen molar-refractivity contribution in [2.75, 3.05) is 37.8 Å². The van der Waals surface area contributed by atoms with E-state index in [1.54, 1.807) is 12.1 Å². The van der Waals surface area contributed by atoms with Crippen molar-refractivity contribution >= 4 is 11.7 Å². The summed E-state index contributed by atoms with van der Waals surface area (Å²) in [5.74, 6) is -0.267. The summed E-state index contributed by atoms with van der Waals surface area (Å²) >= 11 is 0. The summed E-state index contributed by atoms with van der Waals surface area (Å²) in [5.41, 5.74) is 1.79. The first-order chi connectivity index (χ1) is 10.8. The zero-order valence-corrected chi connectivity index (χ0v) is 12.4. The van der Waals surface area contributed by atoms with Crippen LogP contribution in [0, 0.1) is 0 Å². The maximum Gasteiger partial charge on any atom is 0.339 e. The first-order valence-electron chi connectivity index (χ1n) is 7.42. The molecule has 0 bridgehead atoms. The van der Waals surface area contributed by atoms with E-state index in [0.29, 0.717) is 12.3 Å². The van der Waals surface area contributed by atoms with Crippen molar-refractivity contribution in [1.82, 2.24) is 9.88 Å². The van der Waals surface area contributed by atoms with Crippen LogP contribution in [0.2, 0.25) is 0 Å². The molecule has 0 saturated carbocycles. The second kappa shape index (κ2) is 7.04. The molecule has 114 valence electrons. The Balaban J connectivity index is 1.45. The molecule has 22 heavy (non-hydrogen) atoms. The highest BCUT2D eigenvalue weighted by Crippen LogP contribution is 2.14. The summed E-state index contributed by atoms with van der Waals surface area (Å²) in [5, 5.41) is 0. The zero-order valence-electron chi connectivity index (χ0n) is 12.4. The van der Waals surface area contributed by atoms with Gasteiger partial charge in [0, 0.05) is 44.3 Å². The zero-order chi connectivity index (χ0) is 15.2. The smallest absolute Gasteiger partial charge is 0.339 e. The van der Waals surface area contributed by atoms with Gasteiger partial charge >= 0.3 is 5.97 Å². The second-order valence-corrected chi connectivity index (χ2v) is 5.24. The molecule has 1 aromatic heterocycles. The van der Waals surface area contributed by atoms with Gasteiger partial charge in [-0.1, -0.05) is 18.2 Å². The summed E-state index contributed by atoms with van der Waals surface area (Å²) in [7, 11) is 0. The largest absolute Gasteiger partial charge is 0.446 e. The molecule has 3 rings (SSSR count). The van der Waals surface area contributed by atoms with Crippen molar-refractivity contribution in [3.8, 4) is 0 Å². The van der Waals surface area contributed by atoms with Gasteiger partial charge in [-0.15, -0.1) is 0 Å². The molecule has 0 radical (unpaired) electrons. The highest BCUT2D eigenvalue weighted by atomic mass is 16.5. The van der Waals surface area contributed by atoms with Crippen LogP contribution in [0.5, 0.6) is 0 Å². The molecule has 2 aromatic rings. The predicted octanol–water partition coefficient (Wildman–Crippen LogP) is 2.02. The van der Waals surface area contributed by atoms with Crippen molar-refractivity contribution in [3.05, 3.63) is 60.4 Å². The molecule has 2 heterocycles. The number of carbonyl (C=O) groups excluding carboxylic acids is 1. The van der Waals surface area contributed by atoms with E-state index in [1.165, 1.54) is 5.69 Å². The normalized spacial score (nSPS) is 15.5. The minimum Gasteiger partial charge on any atom is -0.446 e. The average molecular weight is 297 g/mol. The molecule has 5 nitrogen and oxygen atoms in total. The van der Waals surface area contributed by atoms with Crippen LogP contribution in [0.1, 0.15) is 10.4 Å². The SMILES string of the molecule is O=C(OCN1CCN(c2ccncc2)CC1)c1ccccc1. The van der Waals surface area contributed by atoms with Crippen LogP contribution in [0.15, 0.2) is 54.9 Å². The van der Waals surface area contributed by atoms with Crippen LogP contribution in [0.25, 0.3) is 0 Å². The summed E-state index contributed by atoms with van der Waals surface area (Å²) in [6, 6.07) is 13.1. The molecule has 1 fully saturated rings. The van der Waals surface area contributed by atoms with Crippen molar-refractivity contribution in [2.24, 2.45) is 0 Å². The number of rotatable bonds is 4. The van der Waals surface area contributed by atoms with Gasteiger partial charge < -0.3 is 9.64 Å². The number of benzene rings is 1. The molecular weight excluding hydrogens is 278 g/mol. The van der Waals surface area contributed by atoms with Crippen LogP contribution in [0.3, 0.4) is 0 Å². The summed E-state index contributed by atoms with van der Waals surface area (Å²) in [4.78, 5) is 20.4. The van der Waals surface area contributed by atoms with E-state index in [9.17, 15) is 4.79 Å². The molecule has 0 spiro atoms. The van der Waals surface area contributed by atoms with Gasteiger partial charge in [-0.3, -0.25) is 9.88 Å². The fourth-order valence-electron chi connectivity index (χ4n) is 2.50. The highest BCUT2D eigenvalue weighted by Gasteiger charge is 2.18. The maximum atomic E-state index is 11.9. The Morgan fingerprint density at radius 2 is 1.68 bits per heavy atom. The molecule has 5 heteroatoms. The monoisotopic (exact) mass is 297 g/mol. The van der Waals surface area contributed by atoms with Crippen LogP contribution in [-0.2, 0) is 4.74 Å². The Morgan fingerprint density at radius 3 is 2.36 bits per heavy atom. The number of anilines is 1. The fourth-order valence-corrected chi connectivity index (χ4v) is 2.50. The van der Waals surface area contributed by atoms with Gasteiger partial charge in [0.1, 0.15) is 6.73 Å². The maximum absolute atomic E-state index is 11.9. The van der Waals surface area contributed by atoms with Crippen molar-refractivity contribution in [3.63, 3.8) is 0 Å². The van der Waals surface area contributed by atoms with Crippen molar-refractivity contribution in [2.45, 2.75) is 0 Å². The third kappa shape index (κ3) is 3.62. The van der Waals surface area contributed by atoms with Crippen LogP contribution < -0.4 is 4.90 Å². The number of pyridine rings is 1. The minimum atomic E-state index is -0.267. The van der Waals surface area contributed by atoms with E-state index >= 15 is 0 Å². The molecule has 0 aliphatic carbocycles. The average Bonchev–Trinajstić information content (AvgIpc) is 2.61. The number of nitrogens with zero attached hydrogens (tertiary/aromatic N) is 3. The summed E-state index contributed by atoms with van der Waals surface area (Å²) < 4.78 is 5.37. The number of aromatic nitrogens is 1. The van der Waals surface area contributed by atoms with Gasteiger partial charge in [0.2, 0.25) is 0 Å². The Morgan fingerprint density at radius 1 is 1.00 bits per heavy atom. The van der Waals surface area contributed by atoms with Gasteiger partial charge in [0.05, 0.1) is 5.56 Å². The van der Waals surface area contributed by atoms with E-state index in [4.69, 9.17) is 4.74 Å². The van der Waals surface area contributed by atoms with Gasteiger partial charge in [-0.25, -0.2) is 4.79 Å². The number of hydrogen-bond donors (Lipinski definition) is 0. The van der Waals surface area contributed by atoms with E-state index in [0.717, 1.165) is 26.2 Å². The second-order valence-electron chi connectivity index (χ2n) is 5.24. The standard InChI is InChI=1S/C17H19N3O2/c21-17(15-4-2-1-3-5-15)22-14-19-10-12-20(13-11-19)16-6-8-18-9-7-16/h1-9H,10-14H2. The number of ether oxygens (including phenoxy) is 1. The van der Waals surface area contributed by atoms with Gasteiger partial charge in [0.25, 0.3) is 0 Å². The van der Waals surface area contributed by atoms with E-state index in [-0.39, 0.29) is 5.97 Å². The highest BCUT2D eigenvalue weighted by molar-refractivity contribution is 5.89. The lowest BCUT2D eigenvalue weighted by Gasteiger charge is -2.35. The van der Waals surface area contributed by atoms with Crippen LogP contribution in [0.4, 0.5) is 5.69 Å². The number of esters is 1. The molecule has 0 atom stereocenters. The molecule has 0 amide bonds. The lowest BCUT2D eigenvalue weighted by Crippen LogP contribution is -2.47. The first kappa shape index (κ1) is 14.5. The lowest BCUT2D eigenvalue weighted by atomic mass is 10.2. The van der Waals surface area contributed by atoms with Gasteiger partial charge in [-0.2, -0.15) is 0 Å². The third-order valence-corrected chi connectivity index (χ3v) is 3.79. The molecule has 1 aromatic carbocycles. The molecule has 1 saturated heterocycles. The van der Waals surface area contributed by atoms with Crippen LogP contribution >= 0.6 is 0 Å². The molecule has 0 unspecified atom stereocenters. The van der Waals surface area contributed by atoms with Gasteiger partial charge in [0.15, 0.2) is 0 Å². The summed E-state index contributed by atoms with van der Waals surface area (Å²) in [6.45, 7) is 3.95. The Labute approximate surface area is 130 Å². The van der Waals surface area contributed by atoms with E-state index in [2.05, 4.69) is 14.8 Å². The topological polar surface area (TPSA) is 45.7 Å². The Hall–Kier alpha value is -2.40. The van der Waals surface area contributed by atoms with E-state index < -0.39 is 0 Å². The fraction of sp³-hybridized carbons (Fsp3) is 0.294. The number of carbonyl (C=O) groups is 1. The minimum absolute atomic E-state index is 0.267. The quantitative estimate of drug-likeness (QED) is 0.808. The molecule has 0 N–H and O–H groups in total. The van der Waals surface area contributed by atoms with Crippen LogP contribution in [-0.4, -0.2) is 48.8 Å². The number of hydrogen-bond acceptors (Lipinski definition) is 5.